The summed E-state index contributed by atoms with van der Waals surface area (Å²) in [5.41, 5.74) is 3.24. The zero-order valence-electron chi connectivity index (χ0n) is 12.0. The molecular formula is C18H11BrO3. The first-order valence-electron chi connectivity index (χ1n) is 6.91. The van der Waals surface area contributed by atoms with Gasteiger partial charge in [0.2, 0.25) is 11.6 Å². The second kappa shape index (κ2) is 4.40. The number of hydrogen-bond donors (Lipinski definition) is 0. The van der Waals surface area contributed by atoms with Crippen LogP contribution in [0.2, 0.25) is 0 Å². The van der Waals surface area contributed by atoms with Crippen molar-refractivity contribution in [1.82, 2.24) is 0 Å². The Bertz CT molecular complexity index is 995. The minimum Gasteiger partial charge on any atom is -0.448 e. The standard InChI is InChI=1S/C18H11BrO3/c1-8-4-3-5-11-10(8)6-7-12-14(11)16(21)15(20)13-9(2)18(19)22-17(12)13/h3-7H,1-2H3. The molecule has 3 aromatic rings. The Hall–Kier alpha value is -2.20. The fraction of sp³-hybridized carbons (Fsp3) is 0.111. The maximum absolute atomic E-state index is 12.7. The number of carbonyl (C=O) groups excluding carboxylic acids is 2. The third-order valence-corrected chi connectivity index (χ3v) is 5.03. The van der Waals surface area contributed by atoms with E-state index < -0.39 is 11.6 Å². The van der Waals surface area contributed by atoms with Gasteiger partial charge in [0.05, 0.1) is 5.56 Å². The smallest absolute Gasteiger partial charge is 0.237 e. The molecule has 0 amide bonds. The summed E-state index contributed by atoms with van der Waals surface area (Å²) in [6.45, 7) is 3.76. The number of Topliss-reactive ketones (excluding diaryl/α,β-unsaturated/α-hetero) is 2. The van der Waals surface area contributed by atoms with Gasteiger partial charge in [-0.25, -0.2) is 0 Å². The Labute approximate surface area is 135 Å². The van der Waals surface area contributed by atoms with E-state index in [2.05, 4.69) is 15.9 Å². The van der Waals surface area contributed by atoms with E-state index in [1.807, 2.05) is 37.3 Å². The Morgan fingerprint density at radius 2 is 1.64 bits per heavy atom. The van der Waals surface area contributed by atoms with Crippen LogP contribution in [0.3, 0.4) is 0 Å². The van der Waals surface area contributed by atoms with E-state index in [1.165, 1.54) is 0 Å². The summed E-state index contributed by atoms with van der Waals surface area (Å²) in [6, 6.07) is 9.60. The summed E-state index contributed by atoms with van der Waals surface area (Å²) in [5, 5.41) is 1.78. The van der Waals surface area contributed by atoms with Gasteiger partial charge in [0.15, 0.2) is 4.67 Å². The number of benzene rings is 2. The topological polar surface area (TPSA) is 47.3 Å². The van der Waals surface area contributed by atoms with E-state index in [1.54, 1.807) is 6.92 Å². The molecule has 4 rings (SSSR count). The predicted octanol–water partition coefficient (Wildman–Crippen LogP) is 4.86. The second-order valence-corrected chi connectivity index (χ2v) is 6.24. The van der Waals surface area contributed by atoms with Gasteiger partial charge in [-0.05, 0) is 52.2 Å². The summed E-state index contributed by atoms with van der Waals surface area (Å²) >= 11 is 3.31. The maximum atomic E-state index is 12.7. The van der Waals surface area contributed by atoms with Gasteiger partial charge in [-0.1, -0.05) is 24.3 Å². The molecule has 1 aromatic heterocycles. The summed E-state index contributed by atoms with van der Waals surface area (Å²) in [4.78, 5) is 25.2. The van der Waals surface area contributed by atoms with Crippen molar-refractivity contribution in [2.24, 2.45) is 0 Å². The third-order valence-electron chi connectivity index (χ3n) is 4.27. The van der Waals surface area contributed by atoms with Crippen LogP contribution in [-0.4, -0.2) is 11.6 Å². The van der Waals surface area contributed by atoms with Crippen LogP contribution >= 0.6 is 15.9 Å². The van der Waals surface area contributed by atoms with E-state index in [4.69, 9.17) is 4.42 Å². The minimum atomic E-state index is -0.497. The molecule has 0 N–H and O–H groups in total. The Balaban J connectivity index is 2.20. The molecule has 2 aromatic carbocycles. The highest BCUT2D eigenvalue weighted by atomic mass is 79.9. The molecule has 0 bridgehead atoms. The van der Waals surface area contributed by atoms with E-state index >= 15 is 0 Å². The van der Waals surface area contributed by atoms with Gasteiger partial charge in [-0.3, -0.25) is 9.59 Å². The van der Waals surface area contributed by atoms with Crippen molar-refractivity contribution in [3.05, 3.63) is 57.3 Å². The SMILES string of the molecule is Cc1c(Br)oc2c1C(=O)C(=O)c1c-2ccc2c(C)cccc12. The maximum Gasteiger partial charge on any atom is 0.237 e. The average molecular weight is 355 g/mol. The lowest BCUT2D eigenvalue weighted by atomic mass is 9.84. The van der Waals surface area contributed by atoms with Gasteiger partial charge in [-0.15, -0.1) is 0 Å². The van der Waals surface area contributed by atoms with Gasteiger partial charge in [-0.2, -0.15) is 0 Å². The van der Waals surface area contributed by atoms with Crippen LogP contribution in [0.15, 0.2) is 39.4 Å². The molecule has 3 nitrogen and oxygen atoms in total. The lowest BCUT2D eigenvalue weighted by molar-refractivity contribution is 0.0815. The van der Waals surface area contributed by atoms with Crippen LogP contribution in [0.1, 0.15) is 31.8 Å². The predicted molar refractivity (Wildman–Crippen MR) is 87.5 cm³/mol. The molecule has 22 heavy (non-hydrogen) atoms. The normalized spacial score (nSPS) is 13.4. The monoisotopic (exact) mass is 354 g/mol. The van der Waals surface area contributed by atoms with Crippen molar-refractivity contribution in [3.8, 4) is 11.3 Å². The van der Waals surface area contributed by atoms with Crippen molar-refractivity contribution >= 4 is 38.3 Å². The van der Waals surface area contributed by atoms with E-state index in [0.717, 1.165) is 16.3 Å². The minimum absolute atomic E-state index is 0.372. The van der Waals surface area contributed by atoms with Crippen molar-refractivity contribution in [1.29, 1.82) is 0 Å². The van der Waals surface area contributed by atoms with Crippen LogP contribution in [0.5, 0.6) is 0 Å². The number of hydrogen-bond acceptors (Lipinski definition) is 3. The number of fused-ring (bicyclic) bond motifs is 5. The van der Waals surface area contributed by atoms with Gasteiger partial charge in [0.1, 0.15) is 5.76 Å². The molecule has 1 aliphatic rings. The van der Waals surface area contributed by atoms with Crippen molar-refractivity contribution in [2.75, 3.05) is 0 Å². The van der Waals surface area contributed by atoms with E-state index in [-0.39, 0.29) is 0 Å². The fourth-order valence-electron chi connectivity index (χ4n) is 3.12. The number of halogens is 1. The van der Waals surface area contributed by atoms with Gasteiger partial charge in [0, 0.05) is 16.7 Å². The van der Waals surface area contributed by atoms with Crippen LogP contribution in [0.25, 0.3) is 22.1 Å². The van der Waals surface area contributed by atoms with Crippen LogP contribution in [0.4, 0.5) is 0 Å². The first-order valence-corrected chi connectivity index (χ1v) is 7.70. The molecule has 0 saturated heterocycles. The molecule has 0 saturated carbocycles. The summed E-state index contributed by atoms with van der Waals surface area (Å²) in [6.07, 6.45) is 0. The summed E-state index contributed by atoms with van der Waals surface area (Å²) < 4.78 is 6.20. The first kappa shape index (κ1) is 13.5. The van der Waals surface area contributed by atoms with E-state index in [9.17, 15) is 9.59 Å². The first-order chi connectivity index (χ1) is 10.5. The molecule has 1 heterocycles. The zero-order valence-corrected chi connectivity index (χ0v) is 13.6. The molecule has 0 spiro atoms. The molecular weight excluding hydrogens is 344 g/mol. The molecule has 0 fully saturated rings. The van der Waals surface area contributed by atoms with Crippen LogP contribution < -0.4 is 0 Å². The van der Waals surface area contributed by atoms with Crippen molar-refractivity contribution in [2.45, 2.75) is 13.8 Å². The van der Waals surface area contributed by atoms with Gasteiger partial charge < -0.3 is 4.42 Å². The Kier molecular flexibility index (Phi) is 2.69. The Morgan fingerprint density at radius 1 is 0.909 bits per heavy atom. The molecule has 0 radical (unpaired) electrons. The second-order valence-electron chi connectivity index (χ2n) is 5.52. The lowest BCUT2D eigenvalue weighted by Crippen LogP contribution is -2.21. The fourth-order valence-corrected chi connectivity index (χ4v) is 3.48. The molecule has 0 unspecified atom stereocenters. The summed E-state index contributed by atoms with van der Waals surface area (Å²) in [5.74, 6) is -0.481. The quantitative estimate of drug-likeness (QED) is 0.541. The van der Waals surface area contributed by atoms with Gasteiger partial charge >= 0.3 is 0 Å². The Morgan fingerprint density at radius 3 is 2.41 bits per heavy atom. The largest absolute Gasteiger partial charge is 0.448 e. The van der Waals surface area contributed by atoms with Crippen LogP contribution in [-0.2, 0) is 0 Å². The lowest BCUT2D eigenvalue weighted by Gasteiger charge is -2.16. The van der Waals surface area contributed by atoms with Crippen molar-refractivity contribution in [3.63, 3.8) is 0 Å². The number of ketones is 2. The van der Waals surface area contributed by atoms with Crippen LogP contribution in [0, 0.1) is 13.8 Å². The highest BCUT2D eigenvalue weighted by Gasteiger charge is 2.36. The highest BCUT2D eigenvalue weighted by molar-refractivity contribution is 9.10. The molecule has 0 aliphatic heterocycles. The third kappa shape index (κ3) is 1.56. The molecule has 1 aliphatic carbocycles. The zero-order chi connectivity index (χ0) is 15.6. The highest BCUT2D eigenvalue weighted by Crippen LogP contribution is 2.42. The van der Waals surface area contributed by atoms with Crippen molar-refractivity contribution < 1.29 is 14.0 Å². The number of carbonyl (C=O) groups is 2. The molecule has 4 heteroatoms. The molecule has 0 atom stereocenters. The van der Waals surface area contributed by atoms with E-state index in [0.29, 0.717) is 32.7 Å². The summed E-state index contributed by atoms with van der Waals surface area (Å²) in [7, 11) is 0. The number of aryl methyl sites for hydroxylation is 1. The number of furan rings is 1. The average Bonchev–Trinajstić information content (AvgIpc) is 2.80. The van der Waals surface area contributed by atoms with Gasteiger partial charge in [0.25, 0.3) is 0 Å². The molecule has 108 valence electrons. The number of rotatable bonds is 0.